The van der Waals surface area contributed by atoms with E-state index in [1.807, 2.05) is 4.90 Å². The lowest BCUT2D eigenvalue weighted by Gasteiger charge is -2.30. The summed E-state index contributed by atoms with van der Waals surface area (Å²) in [5.41, 5.74) is 0.922. The Morgan fingerprint density at radius 3 is 2.59 bits per heavy atom. The van der Waals surface area contributed by atoms with Crippen molar-refractivity contribution in [2.45, 2.75) is 25.6 Å². The van der Waals surface area contributed by atoms with E-state index >= 15 is 0 Å². The lowest BCUT2D eigenvalue weighted by Crippen LogP contribution is -2.38. The molecule has 7 heteroatoms. The number of rotatable bonds is 5. The Morgan fingerprint density at radius 2 is 2.00 bits per heavy atom. The third-order valence-corrected chi connectivity index (χ3v) is 3.59. The number of alkyl halides is 3. The van der Waals surface area contributed by atoms with Gasteiger partial charge in [-0.3, -0.25) is 9.69 Å². The van der Waals surface area contributed by atoms with Crippen molar-refractivity contribution in [1.29, 1.82) is 0 Å². The smallest absolute Gasteiger partial charge is 0.422 e. The van der Waals surface area contributed by atoms with E-state index in [4.69, 9.17) is 5.11 Å². The largest absolute Gasteiger partial charge is 0.484 e. The fourth-order valence-corrected chi connectivity index (χ4v) is 2.52. The minimum atomic E-state index is -4.35. The molecule has 2 rings (SSSR count). The summed E-state index contributed by atoms with van der Waals surface area (Å²) in [4.78, 5) is 13.1. The number of carboxylic acids is 1. The Balaban J connectivity index is 1.87. The molecule has 1 unspecified atom stereocenters. The van der Waals surface area contributed by atoms with Crippen molar-refractivity contribution in [2.75, 3.05) is 19.7 Å². The summed E-state index contributed by atoms with van der Waals surface area (Å²) in [6.45, 7) is 0.611. The number of halogens is 3. The standard InChI is InChI=1S/C15H18F3NO3/c16-15(17,18)10-22-13-5-3-11(4-6-13)8-19-7-1-2-12(9-19)14(20)21/h3-6,12H,1-2,7-10H2,(H,20,21). The van der Waals surface area contributed by atoms with Crippen LogP contribution in [0, 0.1) is 5.92 Å². The monoisotopic (exact) mass is 317 g/mol. The topological polar surface area (TPSA) is 49.8 Å². The zero-order valence-electron chi connectivity index (χ0n) is 12.0. The van der Waals surface area contributed by atoms with Crippen LogP contribution in [0.15, 0.2) is 24.3 Å². The predicted molar refractivity (Wildman–Crippen MR) is 73.6 cm³/mol. The van der Waals surface area contributed by atoms with Crippen LogP contribution in [0.5, 0.6) is 5.75 Å². The van der Waals surface area contributed by atoms with Gasteiger partial charge in [0.05, 0.1) is 5.92 Å². The Hall–Kier alpha value is -1.76. The van der Waals surface area contributed by atoms with E-state index in [1.165, 1.54) is 12.1 Å². The molecule has 22 heavy (non-hydrogen) atoms. The SMILES string of the molecule is O=C(O)C1CCCN(Cc2ccc(OCC(F)(F)F)cc2)C1. The van der Waals surface area contributed by atoms with Crippen molar-refractivity contribution in [2.24, 2.45) is 5.92 Å². The van der Waals surface area contributed by atoms with Gasteiger partial charge >= 0.3 is 12.1 Å². The van der Waals surface area contributed by atoms with Gasteiger partial charge in [0.1, 0.15) is 5.75 Å². The Kier molecular flexibility index (Phi) is 5.28. The minimum absolute atomic E-state index is 0.170. The van der Waals surface area contributed by atoms with Crippen LogP contribution in [0.25, 0.3) is 0 Å². The van der Waals surface area contributed by atoms with Gasteiger partial charge in [-0.25, -0.2) is 0 Å². The van der Waals surface area contributed by atoms with E-state index < -0.39 is 18.8 Å². The average Bonchev–Trinajstić information content (AvgIpc) is 2.46. The predicted octanol–water partition coefficient (Wildman–Crippen LogP) is 2.92. The molecule has 0 bridgehead atoms. The zero-order chi connectivity index (χ0) is 16.2. The molecule has 122 valence electrons. The molecule has 0 radical (unpaired) electrons. The number of likely N-dealkylation sites (tertiary alicyclic amines) is 1. The Labute approximate surface area is 126 Å². The van der Waals surface area contributed by atoms with Crippen LogP contribution in [-0.2, 0) is 11.3 Å². The molecule has 1 aliphatic rings. The maximum Gasteiger partial charge on any atom is 0.422 e. The average molecular weight is 317 g/mol. The van der Waals surface area contributed by atoms with Crippen LogP contribution in [0.2, 0.25) is 0 Å². The van der Waals surface area contributed by atoms with Crippen molar-refractivity contribution in [3.8, 4) is 5.75 Å². The lowest BCUT2D eigenvalue weighted by molar-refractivity contribution is -0.153. The third-order valence-electron chi connectivity index (χ3n) is 3.59. The van der Waals surface area contributed by atoms with Gasteiger partial charge in [0.25, 0.3) is 0 Å². The number of hydrogen-bond donors (Lipinski definition) is 1. The van der Waals surface area contributed by atoms with Crippen LogP contribution in [-0.4, -0.2) is 41.8 Å². The molecule has 4 nitrogen and oxygen atoms in total. The normalized spacial score (nSPS) is 19.9. The maximum absolute atomic E-state index is 12.1. The van der Waals surface area contributed by atoms with Crippen molar-refractivity contribution in [3.05, 3.63) is 29.8 Å². The minimum Gasteiger partial charge on any atom is -0.484 e. The summed E-state index contributed by atoms with van der Waals surface area (Å²) in [6.07, 6.45) is -2.82. The molecule has 0 aromatic heterocycles. The highest BCUT2D eigenvalue weighted by Gasteiger charge is 2.28. The van der Waals surface area contributed by atoms with E-state index in [1.54, 1.807) is 12.1 Å². The summed E-state index contributed by atoms with van der Waals surface area (Å²) in [5, 5.41) is 9.05. The molecule has 0 amide bonds. The van der Waals surface area contributed by atoms with E-state index in [-0.39, 0.29) is 11.7 Å². The number of carbonyl (C=O) groups is 1. The fourth-order valence-electron chi connectivity index (χ4n) is 2.52. The first-order valence-corrected chi connectivity index (χ1v) is 7.07. The summed E-state index contributed by atoms with van der Waals surface area (Å²) >= 11 is 0. The van der Waals surface area contributed by atoms with Crippen LogP contribution in [0.3, 0.4) is 0 Å². The van der Waals surface area contributed by atoms with E-state index in [0.29, 0.717) is 19.5 Å². The summed E-state index contributed by atoms with van der Waals surface area (Å²) in [7, 11) is 0. The van der Waals surface area contributed by atoms with Gasteiger partial charge in [0.2, 0.25) is 0 Å². The summed E-state index contributed by atoms with van der Waals surface area (Å²) in [5.74, 6) is -0.952. The molecule has 0 spiro atoms. The molecule has 1 aliphatic heterocycles. The summed E-state index contributed by atoms with van der Waals surface area (Å²) < 4.78 is 40.8. The van der Waals surface area contributed by atoms with Crippen LogP contribution in [0.1, 0.15) is 18.4 Å². The second-order valence-corrected chi connectivity index (χ2v) is 5.46. The number of carboxylic acid groups (broad SMARTS) is 1. The molecular weight excluding hydrogens is 299 g/mol. The molecule has 0 saturated carbocycles. The van der Waals surface area contributed by atoms with E-state index in [9.17, 15) is 18.0 Å². The van der Waals surface area contributed by atoms with Crippen molar-refractivity contribution in [1.82, 2.24) is 4.90 Å². The maximum atomic E-state index is 12.1. The molecule has 1 atom stereocenters. The molecule has 1 heterocycles. The highest BCUT2D eigenvalue weighted by Crippen LogP contribution is 2.21. The van der Waals surface area contributed by atoms with Gasteiger partial charge < -0.3 is 9.84 Å². The van der Waals surface area contributed by atoms with Gasteiger partial charge in [0.15, 0.2) is 6.61 Å². The highest BCUT2D eigenvalue weighted by atomic mass is 19.4. The third kappa shape index (κ3) is 5.22. The van der Waals surface area contributed by atoms with Gasteiger partial charge in [0, 0.05) is 13.1 Å². The van der Waals surface area contributed by atoms with Crippen molar-refractivity contribution < 1.29 is 27.8 Å². The first-order valence-electron chi connectivity index (χ1n) is 7.07. The molecule has 1 aromatic carbocycles. The summed E-state index contributed by atoms with van der Waals surface area (Å²) in [6, 6.07) is 6.41. The number of hydrogen-bond acceptors (Lipinski definition) is 3. The van der Waals surface area contributed by atoms with Gasteiger partial charge in [-0.15, -0.1) is 0 Å². The van der Waals surface area contributed by atoms with E-state index in [0.717, 1.165) is 18.5 Å². The van der Waals surface area contributed by atoms with Gasteiger partial charge in [-0.2, -0.15) is 13.2 Å². The molecule has 1 aromatic rings. The Morgan fingerprint density at radius 1 is 1.32 bits per heavy atom. The molecular formula is C15H18F3NO3. The Bertz CT molecular complexity index is 502. The second kappa shape index (κ2) is 7.00. The molecule has 1 N–H and O–H groups in total. The number of piperidine rings is 1. The van der Waals surface area contributed by atoms with Crippen LogP contribution >= 0.6 is 0 Å². The number of aliphatic carboxylic acids is 1. The zero-order valence-corrected chi connectivity index (χ0v) is 12.0. The quantitative estimate of drug-likeness (QED) is 0.907. The van der Waals surface area contributed by atoms with Crippen LogP contribution < -0.4 is 4.74 Å². The molecule has 1 fully saturated rings. The van der Waals surface area contributed by atoms with E-state index in [2.05, 4.69) is 4.74 Å². The number of ether oxygens (including phenoxy) is 1. The molecule has 1 saturated heterocycles. The first kappa shape index (κ1) is 16.6. The van der Waals surface area contributed by atoms with Crippen molar-refractivity contribution in [3.63, 3.8) is 0 Å². The first-order chi connectivity index (χ1) is 10.3. The highest BCUT2D eigenvalue weighted by molar-refractivity contribution is 5.70. The lowest BCUT2D eigenvalue weighted by atomic mass is 9.98. The number of benzene rings is 1. The van der Waals surface area contributed by atoms with Gasteiger partial charge in [-0.1, -0.05) is 12.1 Å². The van der Waals surface area contributed by atoms with Crippen LogP contribution in [0.4, 0.5) is 13.2 Å². The second-order valence-electron chi connectivity index (χ2n) is 5.46. The molecule has 0 aliphatic carbocycles. The van der Waals surface area contributed by atoms with Gasteiger partial charge in [-0.05, 0) is 37.1 Å². The van der Waals surface area contributed by atoms with Crippen molar-refractivity contribution >= 4 is 5.97 Å². The number of nitrogens with zero attached hydrogens (tertiary/aromatic N) is 1. The fraction of sp³-hybridized carbons (Fsp3) is 0.533.